The molecule has 0 spiro atoms. The van der Waals surface area contributed by atoms with Gasteiger partial charge in [0.25, 0.3) is 0 Å². The van der Waals surface area contributed by atoms with Crippen molar-refractivity contribution < 1.29 is 48.7 Å². The van der Waals surface area contributed by atoms with Gasteiger partial charge in [-0.2, -0.15) is 4.21 Å². The largest absolute Gasteiger partial charge is 1.00 e. The molecule has 0 aliphatic rings. The minimum atomic E-state index is -2.40. The van der Waals surface area contributed by atoms with Crippen LogP contribution in [0.3, 0.4) is 0 Å². The number of aldehydes is 1. The number of hydrogen-bond acceptors (Lipinski definition) is 3. The molecule has 6 heteroatoms. The van der Waals surface area contributed by atoms with E-state index < -0.39 is 11.4 Å². The van der Waals surface area contributed by atoms with Crippen molar-refractivity contribution in [3.8, 4) is 5.75 Å². The van der Waals surface area contributed by atoms with Crippen LogP contribution in [-0.4, -0.2) is 15.0 Å². The van der Waals surface area contributed by atoms with E-state index in [4.69, 9.17) is 4.55 Å². The van der Waals surface area contributed by atoms with Gasteiger partial charge in [-0.15, -0.1) is 0 Å². The molecule has 1 aromatic rings. The molecule has 4 nitrogen and oxygen atoms in total. The van der Waals surface area contributed by atoms with Crippen molar-refractivity contribution in [3.63, 3.8) is 0 Å². The molecular formula is C8H9NaO4S. The van der Waals surface area contributed by atoms with E-state index in [0.29, 0.717) is 17.4 Å². The van der Waals surface area contributed by atoms with Gasteiger partial charge >= 0.3 is 40.9 Å². The van der Waals surface area contributed by atoms with Gasteiger partial charge in [-0.1, -0.05) is 12.1 Å². The summed E-state index contributed by atoms with van der Waals surface area (Å²) in [7, 11) is 0. The normalized spacial score (nSPS) is 11.3. The summed E-state index contributed by atoms with van der Waals surface area (Å²) < 4.78 is 23.3. The first-order chi connectivity index (χ1) is 6.15. The van der Waals surface area contributed by atoms with E-state index in [1.54, 1.807) is 19.1 Å². The first-order valence-electron chi connectivity index (χ1n) is 3.49. The molecule has 0 fully saturated rings. The van der Waals surface area contributed by atoms with Gasteiger partial charge in [0.05, 0.1) is 5.56 Å². The molecule has 72 valence electrons. The number of aryl methyl sites for hydroxylation is 1. The predicted octanol–water partition coefficient (Wildman–Crippen LogP) is -1.56. The number of hydrogen-bond donors (Lipinski definition) is 1. The zero-order valence-electron chi connectivity index (χ0n) is 8.89. The quantitative estimate of drug-likeness (QED) is 0.383. The molecule has 0 aliphatic heterocycles. The Morgan fingerprint density at radius 1 is 1.57 bits per heavy atom. The summed E-state index contributed by atoms with van der Waals surface area (Å²) in [6, 6.07) is 4.83. The third kappa shape index (κ3) is 3.51. The van der Waals surface area contributed by atoms with Gasteiger partial charge in [-0.25, -0.2) is 0 Å². The van der Waals surface area contributed by atoms with Gasteiger partial charge in [0, 0.05) is 0 Å². The Kier molecular flexibility index (Phi) is 6.22. The smallest absolute Gasteiger partial charge is 1.00 e. The van der Waals surface area contributed by atoms with Crippen LogP contribution in [-0.2, 0) is 11.4 Å². The zero-order chi connectivity index (χ0) is 9.84. The maximum atomic E-state index is 10.6. The van der Waals surface area contributed by atoms with E-state index in [-0.39, 0.29) is 36.7 Å². The SMILES string of the molecule is Cc1cccc(OS(=O)O)c1C=O.[H-].[Na+]. The van der Waals surface area contributed by atoms with Crippen molar-refractivity contribution in [1.29, 1.82) is 0 Å². The second-order valence-electron chi connectivity index (χ2n) is 2.41. The molecule has 1 N–H and O–H groups in total. The minimum absolute atomic E-state index is 0. The zero-order valence-corrected chi connectivity index (χ0v) is 10.7. The average Bonchev–Trinajstić information content (AvgIpc) is 2.03. The molecule has 0 amide bonds. The molecule has 0 aliphatic carbocycles. The van der Waals surface area contributed by atoms with E-state index in [9.17, 15) is 9.00 Å². The van der Waals surface area contributed by atoms with Gasteiger partial charge in [0.15, 0.2) is 12.0 Å². The molecule has 0 saturated heterocycles. The van der Waals surface area contributed by atoms with E-state index in [0.717, 1.165) is 0 Å². The minimum Gasteiger partial charge on any atom is -1.00 e. The summed E-state index contributed by atoms with van der Waals surface area (Å²) in [6.07, 6.45) is 0.595. The molecule has 0 bridgehead atoms. The summed E-state index contributed by atoms with van der Waals surface area (Å²) in [5.41, 5.74) is 1.00. The first kappa shape index (κ1) is 13.8. The third-order valence-corrected chi connectivity index (χ3v) is 1.89. The molecule has 14 heavy (non-hydrogen) atoms. The first-order valence-corrected chi connectivity index (χ1v) is 4.52. The van der Waals surface area contributed by atoms with Crippen molar-refractivity contribution >= 4 is 17.6 Å². The fourth-order valence-corrected chi connectivity index (χ4v) is 1.25. The molecule has 0 saturated carbocycles. The number of rotatable bonds is 3. The Morgan fingerprint density at radius 2 is 2.21 bits per heavy atom. The van der Waals surface area contributed by atoms with E-state index >= 15 is 0 Å². The van der Waals surface area contributed by atoms with Crippen molar-refractivity contribution in [1.82, 2.24) is 0 Å². The molecule has 0 aromatic heterocycles. The molecule has 1 unspecified atom stereocenters. The van der Waals surface area contributed by atoms with E-state index in [1.807, 2.05) is 0 Å². The number of carbonyl (C=O) groups is 1. The van der Waals surface area contributed by atoms with Crippen LogP contribution in [0.1, 0.15) is 17.3 Å². The molecule has 1 aromatic carbocycles. The van der Waals surface area contributed by atoms with E-state index in [1.165, 1.54) is 6.07 Å². The van der Waals surface area contributed by atoms with Crippen LogP contribution in [0, 0.1) is 6.92 Å². The molecule has 0 radical (unpaired) electrons. The monoisotopic (exact) mass is 224 g/mol. The summed E-state index contributed by atoms with van der Waals surface area (Å²) in [4.78, 5) is 10.6. The maximum Gasteiger partial charge on any atom is 1.00 e. The molecular weight excluding hydrogens is 215 g/mol. The fourth-order valence-electron chi connectivity index (χ4n) is 0.954. The van der Waals surface area contributed by atoms with Gasteiger partial charge in [-0.05, 0) is 18.6 Å². The third-order valence-electron chi connectivity index (χ3n) is 1.56. The maximum absolute atomic E-state index is 10.6. The van der Waals surface area contributed by atoms with Crippen molar-refractivity contribution in [2.75, 3.05) is 0 Å². The Morgan fingerprint density at radius 3 is 2.71 bits per heavy atom. The van der Waals surface area contributed by atoms with Crippen LogP contribution in [0.25, 0.3) is 0 Å². The van der Waals surface area contributed by atoms with Crippen LogP contribution in [0.4, 0.5) is 0 Å². The Bertz CT molecular complexity index is 358. The predicted molar refractivity (Wildman–Crippen MR) is 49.1 cm³/mol. The Hall–Kier alpha value is -0.200. The van der Waals surface area contributed by atoms with Crippen LogP contribution in [0.5, 0.6) is 5.75 Å². The molecule has 1 rings (SSSR count). The van der Waals surface area contributed by atoms with Gasteiger partial charge in [0.1, 0.15) is 0 Å². The number of carbonyl (C=O) groups excluding carboxylic acids is 1. The standard InChI is InChI=1S/C8H8O4S.Na.H/c1-6-3-2-4-8(7(6)5-9)12-13(10)11;;/h2-5H,1H3,(H,10,11);;/q;+1;-1. The van der Waals surface area contributed by atoms with Crippen LogP contribution < -0.4 is 33.7 Å². The van der Waals surface area contributed by atoms with Crippen LogP contribution in [0.15, 0.2) is 18.2 Å². The Balaban J connectivity index is 0. The second-order valence-corrected chi connectivity index (χ2v) is 3.01. The van der Waals surface area contributed by atoms with Crippen molar-refractivity contribution in [2.45, 2.75) is 6.92 Å². The van der Waals surface area contributed by atoms with Crippen molar-refractivity contribution in [3.05, 3.63) is 29.3 Å². The summed E-state index contributed by atoms with van der Waals surface area (Å²) in [6.45, 7) is 1.72. The van der Waals surface area contributed by atoms with Gasteiger partial charge in [0.2, 0.25) is 0 Å². The average molecular weight is 224 g/mol. The van der Waals surface area contributed by atoms with Crippen LogP contribution >= 0.6 is 0 Å². The van der Waals surface area contributed by atoms with Gasteiger partial charge in [-0.3, -0.25) is 9.35 Å². The summed E-state index contributed by atoms with van der Waals surface area (Å²) >= 11 is -2.40. The second kappa shape index (κ2) is 6.31. The van der Waals surface area contributed by atoms with Crippen LogP contribution in [0.2, 0.25) is 0 Å². The summed E-state index contributed by atoms with van der Waals surface area (Å²) in [5, 5.41) is 0. The Labute approximate surface area is 108 Å². The topological polar surface area (TPSA) is 63.6 Å². The molecule has 0 heterocycles. The number of benzene rings is 1. The summed E-state index contributed by atoms with van der Waals surface area (Å²) in [5.74, 6) is 0.121. The van der Waals surface area contributed by atoms with E-state index in [2.05, 4.69) is 4.18 Å². The molecule has 1 atom stereocenters. The fraction of sp³-hybridized carbons (Fsp3) is 0.125. The van der Waals surface area contributed by atoms with Crippen molar-refractivity contribution in [2.24, 2.45) is 0 Å². The van der Waals surface area contributed by atoms with Gasteiger partial charge < -0.3 is 5.61 Å².